The van der Waals surface area contributed by atoms with Gasteiger partial charge in [0.2, 0.25) is 0 Å². The van der Waals surface area contributed by atoms with Crippen molar-refractivity contribution in [2.24, 2.45) is 0 Å². The van der Waals surface area contributed by atoms with E-state index in [9.17, 15) is 5.11 Å². The van der Waals surface area contributed by atoms with Gasteiger partial charge in [-0.1, -0.05) is 0 Å². The molecule has 0 amide bonds. The van der Waals surface area contributed by atoms with Crippen molar-refractivity contribution in [3.63, 3.8) is 0 Å². The fourth-order valence-corrected chi connectivity index (χ4v) is 17.0. The fourth-order valence-electron chi connectivity index (χ4n) is 3.41. The van der Waals surface area contributed by atoms with Gasteiger partial charge in [0.05, 0.1) is 0 Å². The van der Waals surface area contributed by atoms with E-state index in [1.807, 2.05) is 0 Å². The second-order valence-electron chi connectivity index (χ2n) is 6.09. The van der Waals surface area contributed by atoms with E-state index in [1.165, 1.54) is 10.7 Å². The third-order valence-electron chi connectivity index (χ3n) is 4.54. The van der Waals surface area contributed by atoms with Crippen LogP contribution in [0.25, 0.3) is 0 Å². The van der Waals surface area contributed by atoms with Gasteiger partial charge < -0.3 is 0 Å². The van der Waals surface area contributed by atoms with E-state index in [-0.39, 0.29) is 6.61 Å². The zero-order valence-corrected chi connectivity index (χ0v) is 16.6. The average molecular weight is 421 g/mol. The Hall–Kier alpha value is -1.84. The van der Waals surface area contributed by atoms with Crippen molar-refractivity contribution in [1.29, 1.82) is 0 Å². The molecule has 2 heteroatoms. The van der Waals surface area contributed by atoms with Crippen LogP contribution in [0.15, 0.2) is 103 Å². The number of hydrogen-bond donors (Lipinski definition) is 1. The predicted octanol–water partition coefficient (Wildman–Crippen LogP) is 2.71. The first-order chi connectivity index (χ1) is 11.8. The Morgan fingerprint density at radius 1 is 0.667 bits per heavy atom. The van der Waals surface area contributed by atoms with E-state index in [0.717, 1.165) is 10.0 Å². The van der Waals surface area contributed by atoms with Gasteiger partial charge >= 0.3 is 148 Å². The Bertz CT molecular complexity index is 685. The number of aliphatic hydroxyl groups is 1. The van der Waals surface area contributed by atoms with Crippen molar-refractivity contribution in [2.45, 2.75) is 4.44 Å². The summed E-state index contributed by atoms with van der Waals surface area (Å²) < 4.78 is 5.12. The van der Waals surface area contributed by atoms with Gasteiger partial charge in [-0.05, 0) is 0 Å². The molecule has 0 aromatic heterocycles. The Labute approximate surface area is 148 Å². The Kier molecular flexibility index (Phi) is 5.54. The molecule has 0 radical (unpaired) electrons. The molecule has 0 spiro atoms. The molecule has 1 nitrogen and oxygen atoms in total. The molecule has 3 rings (SSSR count). The van der Waals surface area contributed by atoms with Crippen LogP contribution < -0.4 is 10.7 Å². The molecule has 0 atom stereocenters. The van der Waals surface area contributed by atoms with Crippen LogP contribution in [0.2, 0.25) is 4.44 Å². The number of benzene rings is 3. The summed E-state index contributed by atoms with van der Waals surface area (Å²) in [6.45, 7) is 4.18. The van der Waals surface area contributed by atoms with E-state index in [0.29, 0.717) is 0 Å². The summed E-state index contributed by atoms with van der Waals surface area (Å²) in [7, 11) is 0. The first kappa shape index (κ1) is 17.0. The SMILES string of the molecule is C=C(CO)[CH2][Sn]([c]1ccccc1)([c]1ccccc1)[c]1ccccc1. The molecule has 1 N–H and O–H groups in total. The molecule has 120 valence electrons. The van der Waals surface area contributed by atoms with Crippen molar-refractivity contribution in [3.05, 3.63) is 103 Å². The second kappa shape index (κ2) is 7.82. The van der Waals surface area contributed by atoms with Crippen molar-refractivity contribution in [2.75, 3.05) is 6.61 Å². The fraction of sp³-hybridized carbons (Fsp3) is 0.0909. The summed E-state index contributed by atoms with van der Waals surface area (Å²) in [5.41, 5.74) is 0.919. The minimum atomic E-state index is -3.25. The van der Waals surface area contributed by atoms with E-state index in [2.05, 4.69) is 97.6 Å². The quantitative estimate of drug-likeness (QED) is 0.480. The van der Waals surface area contributed by atoms with Crippen molar-refractivity contribution in [1.82, 2.24) is 0 Å². The van der Waals surface area contributed by atoms with E-state index >= 15 is 0 Å². The Morgan fingerprint density at radius 2 is 1.00 bits per heavy atom. The van der Waals surface area contributed by atoms with Gasteiger partial charge in [-0.15, -0.1) is 0 Å². The van der Waals surface area contributed by atoms with Crippen LogP contribution in [0.3, 0.4) is 0 Å². The minimum absolute atomic E-state index is 0.0468. The maximum atomic E-state index is 9.67. The molecule has 0 heterocycles. The first-order valence-electron chi connectivity index (χ1n) is 8.21. The molecule has 3 aromatic rings. The molecule has 0 aliphatic carbocycles. The Balaban J connectivity index is 2.30. The molecular weight excluding hydrogens is 399 g/mol. The van der Waals surface area contributed by atoms with Crippen LogP contribution in [-0.2, 0) is 0 Å². The van der Waals surface area contributed by atoms with Gasteiger partial charge in [0.1, 0.15) is 0 Å². The van der Waals surface area contributed by atoms with Crippen LogP contribution >= 0.6 is 0 Å². The topological polar surface area (TPSA) is 20.2 Å². The van der Waals surface area contributed by atoms with Gasteiger partial charge in [0.15, 0.2) is 0 Å². The van der Waals surface area contributed by atoms with Crippen LogP contribution in [-0.4, -0.2) is 30.1 Å². The van der Waals surface area contributed by atoms with Crippen molar-refractivity contribution >= 4 is 29.1 Å². The van der Waals surface area contributed by atoms with Gasteiger partial charge in [0, 0.05) is 0 Å². The zero-order chi connectivity index (χ0) is 16.8. The monoisotopic (exact) mass is 422 g/mol. The first-order valence-corrected chi connectivity index (χ1v) is 14.5. The number of aliphatic hydroxyl groups excluding tert-OH is 1. The molecule has 0 fully saturated rings. The molecule has 3 aromatic carbocycles. The summed E-state index contributed by atoms with van der Waals surface area (Å²) in [5, 5.41) is 9.67. The van der Waals surface area contributed by atoms with Gasteiger partial charge in [0.25, 0.3) is 0 Å². The molecule has 0 bridgehead atoms. The van der Waals surface area contributed by atoms with E-state index in [1.54, 1.807) is 0 Å². The standard InChI is InChI=1S/3C6H5.C4H7O.Sn/c3*1-2-4-6-5-3-1;1-4(2)3-5;/h3*1-5H;5H,1-3H2;. The summed E-state index contributed by atoms with van der Waals surface area (Å²) in [5.74, 6) is 0. The molecular formula is C22H22OSn. The molecule has 0 aliphatic rings. The third kappa shape index (κ3) is 3.33. The third-order valence-corrected chi connectivity index (χ3v) is 18.8. The van der Waals surface area contributed by atoms with Crippen LogP contribution in [0.5, 0.6) is 0 Å². The molecule has 0 unspecified atom stereocenters. The van der Waals surface area contributed by atoms with Gasteiger partial charge in [-0.25, -0.2) is 0 Å². The molecule has 0 saturated carbocycles. The van der Waals surface area contributed by atoms with Crippen LogP contribution in [0.4, 0.5) is 0 Å². The number of rotatable bonds is 6. The van der Waals surface area contributed by atoms with E-state index < -0.39 is 18.4 Å². The molecule has 24 heavy (non-hydrogen) atoms. The number of hydrogen-bond acceptors (Lipinski definition) is 1. The Morgan fingerprint density at radius 3 is 1.29 bits per heavy atom. The van der Waals surface area contributed by atoms with Crippen molar-refractivity contribution in [3.8, 4) is 0 Å². The normalized spacial score (nSPS) is 11.2. The zero-order valence-electron chi connectivity index (χ0n) is 13.7. The van der Waals surface area contributed by atoms with Crippen LogP contribution in [0.1, 0.15) is 0 Å². The summed E-state index contributed by atoms with van der Waals surface area (Å²) in [6.07, 6.45) is 0. The maximum absolute atomic E-state index is 9.67. The predicted molar refractivity (Wildman–Crippen MR) is 105 cm³/mol. The van der Waals surface area contributed by atoms with Gasteiger partial charge in [-0.3, -0.25) is 0 Å². The van der Waals surface area contributed by atoms with Crippen molar-refractivity contribution < 1.29 is 5.11 Å². The summed E-state index contributed by atoms with van der Waals surface area (Å²) in [4.78, 5) is 0. The second-order valence-corrected chi connectivity index (χ2v) is 17.2. The summed E-state index contributed by atoms with van der Waals surface area (Å²) >= 11 is -3.25. The van der Waals surface area contributed by atoms with Gasteiger partial charge in [-0.2, -0.15) is 0 Å². The summed E-state index contributed by atoms with van der Waals surface area (Å²) in [6, 6.07) is 32.4. The molecule has 0 aliphatic heterocycles. The molecule has 0 saturated heterocycles. The van der Waals surface area contributed by atoms with E-state index in [4.69, 9.17) is 0 Å². The van der Waals surface area contributed by atoms with Crippen LogP contribution in [0, 0.1) is 0 Å². The average Bonchev–Trinajstić information content (AvgIpc) is 2.68.